The minimum atomic E-state index is -0.221. The predicted molar refractivity (Wildman–Crippen MR) is 104 cm³/mol. The fraction of sp³-hybridized carbons (Fsp3) is 0.0588. The molecule has 1 aromatic heterocycles. The number of hydrogen-bond acceptors (Lipinski definition) is 4. The third-order valence-electron chi connectivity index (χ3n) is 3.65. The Morgan fingerprint density at radius 1 is 1.04 bits per heavy atom. The number of nitrogens with one attached hydrogen (secondary N) is 4. The molecule has 0 radical (unpaired) electrons. The normalized spacial score (nSPS) is 10.2. The van der Waals surface area contributed by atoms with Crippen molar-refractivity contribution in [1.82, 2.24) is 9.97 Å². The van der Waals surface area contributed by atoms with Crippen molar-refractivity contribution in [1.29, 1.82) is 10.8 Å². The van der Waals surface area contributed by atoms with Gasteiger partial charge in [-0.3, -0.25) is 15.6 Å². The van der Waals surface area contributed by atoms with Crippen molar-refractivity contribution in [3.63, 3.8) is 0 Å². The van der Waals surface area contributed by atoms with Gasteiger partial charge in [-0.25, -0.2) is 4.98 Å². The molecule has 0 aliphatic rings. The number of nitrogens with zero attached hydrogens (tertiary/aromatic N) is 1. The Morgan fingerprint density at radius 2 is 1.65 bits per heavy atom. The highest BCUT2D eigenvalue weighted by molar-refractivity contribution is 5.98. The highest BCUT2D eigenvalue weighted by Crippen LogP contribution is 2.15. The molecule has 0 aliphatic carbocycles. The van der Waals surface area contributed by atoms with Gasteiger partial charge in [0.25, 0.3) is 0 Å². The molecule has 0 saturated carbocycles. The fourth-order valence-electron chi connectivity index (χ4n) is 2.40. The number of imidazole rings is 1. The lowest BCUT2D eigenvalue weighted by Crippen LogP contribution is -2.15. The van der Waals surface area contributed by atoms with Crippen molar-refractivity contribution in [3.05, 3.63) is 59.4 Å². The molecule has 8 nitrogen and oxygen atoms in total. The first-order valence-electron chi connectivity index (χ1n) is 7.50. The number of fused-ring (bicyclic) bond motifs is 1. The molecular formula is C17H18ClN7O. The maximum Gasteiger partial charge on any atom is 0.231 e. The lowest BCUT2D eigenvalue weighted by Gasteiger charge is -2.05. The lowest BCUT2D eigenvalue weighted by molar-refractivity contribution is -0.115. The van der Waals surface area contributed by atoms with Gasteiger partial charge in [0.1, 0.15) is 17.5 Å². The summed E-state index contributed by atoms with van der Waals surface area (Å²) in [5.41, 5.74) is 14.1. The van der Waals surface area contributed by atoms with Crippen LogP contribution in [0.15, 0.2) is 42.5 Å². The molecule has 0 spiro atoms. The summed E-state index contributed by atoms with van der Waals surface area (Å²) >= 11 is 0. The highest BCUT2D eigenvalue weighted by atomic mass is 35.5. The largest absolute Gasteiger partial charge is 0.384 e. The summed E-state index contributed by atoms with van der Waals surface area (Å²) in [6, 6.07) is 11.9. The number of rotatable bonds is 5. The van der Waals surface area contributed by atoms with Gasteiger partial charge in [0.15, 0.2) is 0 Å². The maximum absolute atomic E-state index is 12.2. The molecule has 0 saturated heterocycles. The zero-order valence-corrected chi connectivity index (χ0v) is 14.5. The molecule has 0 fully saturated rings. The van der Waals surface area contributed by atoms with Crippen molar-refractivity contribution in [2.45, 2.75) is 6.42 Å². The Bertz CT molecular complexity index is 978. The third-order valence-corrected chi connectivity index (χ3v) is 3.65. The first kappa shape index (κ1) is 18.9. The van der Waals surface area contributed by atoms with Crippen molar-refractivity contribution in [2.24, 2.45) is 11.5 Å². The van der Waals surface area contributed by atoms with E-state index in [2.05, 4.69) is 15.3 Å². The van der Waals surface area contributed by atoms with E-state index in [1.807, 2.05) is 0 Å². The predicted octanol–water partition coefficient (Wildman–Crippen LogP) is 1.73. The number of carbonyl (C=O) groups excluding carboxylic acids is 1. The molecule has 2 aromatic carbocycles. The van der Waals surface area contributed by atoms with Gasteiger partial charge in [0.05, 0.1) is 17.5 Å². The van der Waals surface area contributed by atoms with Crippen molar-refractivity contribution < 1.29 is 4.79 Å². The third kappa shape index (κ3) is 4.17. The van der Waals surface area contributed by atoms with Crippen LogP contribution in [0.25, 0.3) is 11.0 Å². The van der Waals surface area contributed by atoms with E-state index in [9.17, 15) is 4.79 Å². The fourth-order valence-corrected chi connectivity index (χ4v) is 2.40. The Balaban J connectivity index is 0.00000243. The molecule has 26 heavy (non-hydrogen) atoms. The number of amidine groups is 2. The number of aromatic amines is 1. The molecule has 0 aliphatic heterocycles. The van der Waals surface area contributed by atoms with Crippen LogP contribution in [-0.4, -0.2) is 27.5 Å². The molecule has 9 heteroatoms. The first-order valence-corrected chi connectivity index (χ1v) is 7.50. The molecule has 8 N–H and O–H groups in total. The van der Waals surface area contributed by atoms with E-state index in [1.165, 1.54) is 0 Å². The summed E-state index contributed by atoms with van der Waals surface area (Å²) in [5.74, 6) is 0.255. The van der Waals surface area contributed by atoms with E-state index in [0.717, 1.165) is 5.52 Å². The highest BCUT2D eigenvalue weighted by Gasteiger charge is 2.10. The zero-order valence-electron chi connectivity index (χ0n) is 13.7. The van der Waals surface area contributed by atoms with Crippen LogP contribution in [0.2, 0.25) is 0 Å². The van der Waals surface area contributed by atoms with Crippen molar-refractivity contribution in [3.8, 4) is 0 Å². The number of H-pyrrole nitrogens is 1. The number of aromatic nitrogens is 2. The number of nitrogen functional groups attached to an aromatic ring is 2. The number of halogens is 1. The van der Waals surface area contributed by atoms with Gasteiger partial charge in [-0.05, 0) is 42.5 Å². The van der Waals surface area contributed by atoms with Crippen LogP contribution in [0.4, 0.5) is 5.69 Å². The monoisotopic (exact) mass is 371 g/mol. The summed E-state index contributed by atoms with van der Waals surface area (Å²) in [7, 11) is 0. The Kier molecular flexibility index (Phi) is 5.58. The van der Waals surface area contributed by atoms with Gasteiger partial charge < -0.3 is 21.8 Å². The Hall–Kier alpha value is -3.39. The van der Waals surface area contributed by atoms with Crippen LogP contribution in [0.5, 0.6) is 0 Å². The zero-order chi connectivity index (χ0) is 18.0. The Morgan fingerprint density at radius 3 is 2.27 bits per heavy atom. The number of amides is 1. The molecule has 3 rings (SSSR count). The topological polar surface area (TPSA) is 158 Å². The van der Waals surface area contributed by atoms with E-state index in [0.29, 0.717) is 28.2 Å². The molecular weight excluding hydrogens is 354 g/mol. The van der Waals surface area contributed by atoms with Gasteiger partial charge in [0.2, 0.25) is 5.91 Å². The quantitative estimate of drug-likeness (QED) is 0.298. The van der Waals surface area contributed by atoms with Crippen LogP contribution < -0.4 is 16.8 Å². The van der Waals surface area contributed by atoms with Crippen LogP contribution >= 0.6 is 12.4 Å². The van der Waals surface area contributed by atoms with E-state index in [4.69, 9.17) is 22.3 Å². The number of carbonyl (C=O) groups is 1. The summed E-state index contributed by atoms with van der Waals surface area (Å²) in [6.07, 6.45) is 0.0819. The van der Waals surface area contributed by atoms with Crippen molar-refractivity contribution >= 4 is 46.7 Å². The van der Waals surface area contributed by atoms with Gasteiger partial charge in [-0.2, -0.15) is 0 Å². The number of benzene rings is 2. The average Bonchev–Trinajstić information content (AvgIpc) is 2.96. The standard InChI is InChI=1S/C17H17N7O.ClH/c18-16(19)9-1-4-11(5-2-9)22-15(25)8-14-23-12-6-3-10(17(20)21)7-13(12)24-14;/h1-7H,8H2,(H3,18,19)(H3,20,21)(H,22,25)(H,23,24);1H. The second kappa shape index (κ2) is 7.66. The maximum atomic E-state index is 12.2. The molecule has 134 valence electrons. The minimum Gasteiger partial charge on any atom is -0.384 e. The van der Waals surface area contributed by atoms with Gasteiger partial charge in [0, 0.05) is 16.8 Å². The number of anilines is 1. The van der Waals surface area contributed by atoms with Crippen LogP contribution in [0.3, 0.4) is 0 Å². The second-order valence-corrected chi connectivity index (χ2v) is 5.55. The molecule has 3 aromatic rings. The molecule has 0 unspecified atom stereocenters. The second-order valence-electron chi connectivity index (χ2n) is 5.55. The first-order chi connectivity index (χ1) is 11.9. The van der Waals surface area contributed by atoms with E-state index in [1.54, 1.807) is 42.5 Å². The van der Waals surface area contributed by atoms with E-state index in [-0.39, 0.29) is 36.4 Å². The SMILES string of the molecule is Cl.N=C(N)c1ccc(NC(=O)Cc2nc3ccc(C(=N)N)cc3[nH]2)cc1. The lowest BCUT2D eigenvalue weighted by atomic mass is 10.2. The van der Waals surface area contributed by atoms with Gasteiger partial charge >= 0.3 is 0 Å². The summed E-state index contributed by atoms with van der Waals surface area (Å²) in [4.78, 5) is 19.6. The summed E-state index contributed by atoms with van der Waals surface area (Å²) < 4.78 is 0. The minimum absolute atomic E-state index is 0. The van der Waals surface area contributed by atoms with Crippen LogP contribution in [-0.2, 0) is 11.2 Å². The van der Waals surface area contributed by atoms with Crippen molar-refractivity contribution in [2.75, 3.05) is 5.32 Å². The number of nitrogens with two attached hydrogens (primary N) is 2. The number of hydrogen-bond donors (Lipinski definition) is 6. The van der Waals surface area contributed by atoms with Crippen LogP contribution in [0, 0.1) is 10.8 Å². The molecule has 1 amide bonds. The molecule has 0 bridgehead atoms. The molecule has 0 atom stereocenters. The van der Waals surface area contributed by atoms with E-state index >= 15 is 0 Å². The van der Waals surface area contributed by atoms with Gasteiger partial charge in [-0.15, -0.1) is 12.4 Å². The summed E-state index contributed by atoms with van der Waals surface area (Å²) in [5, 5.41) is 17.6. The Labute approximate surface area is 155 Å². The van der Waals surface area contributed by atoms with E-state index < -0.39 is 0 Å². The average molecular weight is 372 g/mol. The summed E-state index contributed by atoms with van der Waals surface area (Å²) in [6.45, 7) is 0. The van der Waals surface area contributed by atoms with Crippen LogP contribution in [0.1, 0.15) is 17.0 Å². The molecule has 1 heterocycles. The van der Waals surface area contributed by atoms with Gasteiger partial charge in [-0.1, -0.05) is 0 Å². The smallest absolute Gasteiger partial charge is 0.231 e.